The molecule has 8 heteroatoms. The first-order chi connectivity index (χ1) is 18.6. The molecule has 3 N–H and O–H groups in total. The molecule has 0 saturated heterocycles. The molecule has 40 heavy (non-hydrogen) atoms. The lowest BCUT2D eigenvalue weighted by Crippen LogP contribution is -2.66. The van der Waals surface area contributed by atoms with Gasteiger partial charge in [-0.3, -0.25) is 9.59 Å². The number of fused-ring (bicyclic) bond motifs is 3. The molecule has 0 heterocycles. The molecule has 0 aromatic carbocycles. The highest BCUT2D eigenvalue weighted by atomic mass is 16.6. The predicted molar refractivity (Wildman–Crippen MR) is 149 cm³/mol. The van der Waals surface area contributed by atoms with Gasteiger partial charge in [-0.05, 0) is 57.6 Å². The number of aliphatic hydroxyl groups excluding tert-OH is 2. The highest BCUT2D eigenvalue weighted by molar-refractivity contribution is 5.96. The maximum atomic E-state index is 14.7. The Morgan fingerprint density at radius 1 is 1.15 bits per heavy atom. The predicted octanol–water partition coefficient (Wildman–Crippen LogP) is 3.97. The summed E-state index contributed by atoms with van der Waals surface area (Å²) in [6.07, 6.45) is 3.43. The Morgan fingerprint density at radius 3 is 2.38 bits per heavy atom. The largest absolute Gasteiger partial charge is 0.458 e. The monoisotopic (exact) mass is 558 g/mol. The van der Waals surface area contributed by atoms with Gasteiger partial charge in [-0.1, -0.05) is 58.3 Å². The van der Waals surface area contributed by atoms with E-state index >= 15 is 0 Å². The average molecular weight is 559 g/mol. The summed E-state index contributed by atoms with van der Waals surface area (Å²) >= 11 is 0. The maximum Gasteiger partial charge on any atom is 0.334 e. The fraction of sp³-hybridized carbons (Fsp3) is 0.719. The molecule has 2 saturated carbocycles. The molecule has 0 aliphatic heterocycles. The van der Waals surface area contributed by atoms with Crippen LogP contribution in [0.25, 0.3) is 0 Å². The number of carbonyl (C=O) groups excluding carboxylic acids is 3. The molecule has 2 fully saturated rings. The van der Waals surface area contributed by atoms with Crippen molar-refractivity contribution < 1.29 is 39.2 Å². The van der Waals surface area contributed by atoms with E-state index in [0.29, 0.717) is 17.6 Å². The average Bonchev–Trinajstić information content (AvgIpc) is 3.28. The van der Waals surface area contributed by atoms with E-state index in [0.717, 1.165) is 24.8 Å². The van der Waals surface area contributed by atoms with E-state index < -0.39 is 64.6 Å². The molecule has 4 aliphatic carbocycles. The molecular weight excluding hydrogens is 512 g/mol. The number of hydrogen-bond acceptors (Lipinski definition) is 8. The summed E-state index contributed by atoms with van der Waals surface area (Å²) in [7, 11) is 0. The number of Topliss-reactive ketones (excluding diaryl/α,β-unsaturated/α-hetero) is 1. The minimum Gasteiger partial charge on any atom is -0.458 e. The van der Waals surface area contributed by atoms with Crippen LogP contribution in [-0.2, 0) is 23.9 Å². The Bertz CT molecular complexity index is 1190. The lowest BCUT2D eigenvalue weighted by molar-refractivity contribution is -0.203. The first-order valence-corrected chi connectivity index (χ1v) is 14.6. The normalized spacial score (nSPS) is 39.1. The zero-order chi connectivity index (χ0) is 30.0. The molecule has 222 valence electrons. The molecule has 2 unspecified atom stereocenters. The van der Waals surface area contributed by atoms with E-state index in [-0.39, 0.29) is 23.7 Å². The molecule has 0 amide bonds. The van der Waals surface area contributed by atoms with Gasteiger partial charge < -0.3 is 24.8 Å². The van der Waals surface area contributed by atoms with Crippen molar-refractivity contribution in [3.63, 3.8) is 0 Å². The van der Waals surface area contributed by atoms with Crippen molar-refractivity contribution in [3.8, 4) is 0 Å². The Balaban J connectivity index is 1.85. The van der Waals surface area contributed by atoms with Crippen molar-refractivity contribution in [2.75, 3.05) is 6.61 Å². The number of ether oxygens (including phenoxy) is 2. The van der Waals surface area contributed by atoms with Gasteiger partial charge in [0, 0.05) is 29.2 Å². The van der Waals surface area contributed by atoms with Crippen LogP contribution < -0.4 is 0 Å². The minimum atomic E-state index is -2.26. The fourth-order valence-corrected chi connectivity index (χ4v) is 8.07. The SMILES string of the molecule is CCCCCC(=O)O[C@@]12CC(C)C34C=C(C)[C@H](OC(=O)C(C)=C(C)C)[C@@]3(O)[C@H](O)C(CO)=C[C@H](C4=O)[C@@H]1C2(C)C. The molecule has 8 nitrogen and oxygen atoms in total. The zero-order valence-electron chi connectivity index (χ0n) is 25.2. The van der Waals surface area contributed by atoms with Gasteiger partial charge in [-0.15, -0.1) is 0 Å². The summed E-state index contributed by atoms with van der Waals surface area (Å²) in [5.41, 5.74) is -3.74. The molecule has 2 bridgehead atoms. The Labute approximate surface area is 237 Å². The molecule has 0 aromatic heterocycles. The Morgan fingerprint density at radius 2 is 1.80 bits per heavy atom. The third-order valence-corrected chi connectivity index (χ3v) is 10.6. The van der Waals surface area contributed by atoms with E-state index in [9.17, 15) is 29.7 Å². The third kappa shape index (κ3) is 4.00. The second-order valence-corrected chi connectivity index (χ2v) is 13.3. The molecule has 0 radical (unpaired) electrons. The van der Waals surface area contributed by atoms with Gasteiger partial charge in [0.2, 0.25) is 0 Å². The van der Waals surface area contributed by atoms with Gasteiger partial charge >= 0.3 is 11.9 Å². The third-order valence-electron chi connectivity index (χ3n) is 10.6. The zero-order valence-corrected chi connectivity index (χ0v) is 25.2. The van der Waals surface area contributed by atoms with Crippen molar-refractivity contribution >= 4 is 17.7 Å². The smallest absolute Gasteiger partial charge is 0.334 e. The number of ketones is 1. The van der Waals surface area contributed by atoms with Crippen LogP contribution in [-0.4, -0.2) is 63.1 Å². The second-order valence-electron chi connectivity index (χ2n) is 13.3. The van der Waals surface area contributed by atoms with Crippen LogP contribution in [0.3, 0.4) is 0 Å². The van der Waals surface area contributed by atoms with Gasteiger partial charge in [0.25, 0.3) is 0 Å². The van der Waals surface area contributed by atoms with Crippen molar-refractivity contribution in [3.05, 3.63) is 34.4 Å². The lowest BCUT2D eigenvalue weighted by Gasteiger charge is -2.49. The number of aliphatic hydroxyl groups is 3. The number of rotatable bonds is 8. The highest BCUT2D eigenvalue weighted by Crippen LogP contribution is 2.75. The standard InChI is InChI=1S/C32H46O8/c1-9-10-11-12-23(34)40-31-15-19(5)30-14-18(4)27(39-28(37)20(6)17(2)3)32(30,38)25(35)21(16-33)13-22(26(30)36)24(31)29(31,7)8/h13-14,19,22,24-25,27,33,35,38H,9-12,15-16H2,1-8H3/t19?,22-,24+,25+,27-,30?,31-,32-/m0/s1. The first kappa shape index (κ1) is 30.7. The summed E-state index contributed by atoms with van der Waals surface area (Å²) in [4.78, 5) is 40.8. The van der Waals surface area contributed by atoms with Crippen LogP contribution >= 0.6 is 0 Å². The summed E-state index contributed by atoms with van der Waals surface area (Å²) in [5, 5.41) is 34.6. The van der Waals surface area contributed by atoms with Gasteiger partial charge in [-0.2, -0.15) is 0 Å². The van der Waals surface area contributed by atoms with E-state index in [2.05, 4.69) is 6.92 Å². The van der Waals surface area contributed by atoms with Crippen molar-refractivity contribution in [2.24, 2.45) is 28.6 Å². The van der Waals surface area contributed by atoms with E-state index in [1.807, 2.05) is 20.8 Å². The van der Waals surface area contributed by atoms with Gasteiger partial charge in [0.05, 0.1) is 12.0 Å². The molecule has 0 aromatic rings. The minimum absolute atomic E-state index is 0.0887. The van der Waals surface area contributed by atoms with Crippen LogP contribution in [0.4, 0.5) is 0 Å². The lowest BCUT2D eigenvalue weighted by atomic mass is 9.59. The molecule has 4 rings (SSSR count). The number of esters is 2. The van der Waals surface area contributed by atoms with Gasteiger partial charge in [-0.25, -0.2) is 4.79 Å². The fourth-order valence-electron chi connectivity index (χ4n) is 8.07. The molecular formula is C32H46O8. The summed E-state index contributed by atoms with van der Waals surface area (Å²) in [6.45, 7) is 14.1. The van der Waals surface area contributed by atoms with E-state index in [1.54, 1.807) is 39.8 Å². The van der Waals surface area contributed by atoms with Crippen molar-refractivity contribution in [2.45, 2.75) is 111 Å². The molecule has 8 atom stereocenters. The van der Waals surface area contributed by atoms with Crippen molar-refractivity contribution in [1.82, 2.24) is 0 Å². The van der Waals surface area contributed by atoms with Gasteiger partial charge in [0.15, 0.2) is 17.5 Å². The summed E-state index contributed by atoms with van der Waals surface area (Å²) < 4.78 is 12.1. The summed E-state index contributed by atoms with van der Waals surface area (Å²) in [5.74, 6) is -3.09. The number of carbonyl (C=O) groups is 3. The maximum absolute atomic E-state index is 14.7. The Kier molecular flexibility index (Phi) is 7.83. The number of unbranched alkanes of at least 4 members (excludes halogenated alkanes) is 2. The summed E-state index contributed by atoms with van der Waals surface area (Å²) in [6, 6.07) is 0. The van der Waals surface area contributed by atoms with Crippen LogP contribution in [0.2, 0.25) is 0 Å². The van der Waals surface area contributed by atoms with Crippen LogP contribution in [0.15, 0.2) is 34.4 Å². The number of hydrogen-bond donors (Lipinski definition) is 3. The van der Waals surface area contributed by atoms with Crippen LogP contribution in [0, 0.1) is 28.6 Å². The van der Waals surface area contributed by atoms with E-state index in [4.69, 9.17) is 9.47 Å². The molecule has 4 aliphatic rings. The van der Waals surface area contributed by atoms with Crippen LogP contribution in [0.1, 0.15) is 87.5 Å². The number of allylic oxidation sites excluding steroid dienone is 2. The van der Waals surface area contributed by atoms with Gasteiger partial charge in [0.1, 0.15) is 11.7 Å². The van der Waals surface area contributed by atoms with E-state index in [1.165, 1.54) is 0 Å². The second kappa shape index (κ2) is 10.2. The topological polar surface area (TPSA) is 130 Å². The highest BCUT2D eigenvalue weighted by Gasteiger charge is 2.83. The molecule has 1 spiro atoms. The van der Waals surface area contributed by atoms with Crippen molar-refractivity contribution in [1.29, 1.82) is 0 Å². The Hall–Kier alpha value is -2.29. The van der Waals surface area contributed by atoms with Crippen LogP contribution in [0.5, 0.6) is 0 Å². The first-order valence-electron chi connectivity index (χ1n) is 14.6. The quantitative estimate of drug-likeness (QED) is 0.177.